The van der Waals surface area contributed by atoms with Crippen molar-refractivity contribution < 1.29 is 4.42 Å². The summed E-state index contributed by atoms with van der Waals surface area (Å²) >= 11 is 5.98. The quantitative estimate of drug-likeness (QED) is 0.557. The van der Waals surface area contributed by atoms with Gasteiger partial charge in [0.25, 0.3) is 0 Å². The summed E-state index contributed by atoms with van der Waals surface area (Å²) in [4.78, 5) is 12.0. The monoisotopic (exact) mass is 313 g/mol. The van der Waals surface area contributed by atoms with Crippen molar-refractivity contribution >= 4 is 28.3 Å². The molecule has 0 saturated heterocycles. The number of fused-ring (bicyclic) bond motifs is 1. The lowest BCUT2D eigenvalue weighted by Gasteiger charge is -2.06. The molecule has 3 aromatic rings. The predicted octanol–water partition coefficient (Wildman–Crippen LogP) is 4.49. The first-order valence-corrected chi connectivity index (χ1v) is 7.61. The molecule has 0 radical (unpaired) electrons. The highest BCUT2D eigenvalue weighted by atomic mass is 35.5. The molecule has 0 atom stereocenters. The zero-order chi connectivity index (χ0) is 15.4. The van der Waals surface area contributed by atoms with Gasteiger partial charge in [-0.2, -0.15) is 0 Å². The molecule has 0 unspecified atom stereocenters. The number of anilines is 1. The van der Waals surface area contributed by atoms with Gasteiger partial charge in [0.15, 0.2) is 0 Å². The van der Waals surface area contributed by atoms with Gasteiger partial charge in [-0.15, -0.1) is 0 Å². The summed E-state index contributed by atoms with van der Waals surface area (Å²) in [6.07, 6.45) is 1.52. The molecule has 0 saturated carbocycles. The fourth-order valence-corrected chi connectivity index (χ4v) is 2.56. The molecule has 1 heterocycles. The van der Waals surface area contributed by atoms with Crippen LogP contribution in [0.5, 0.6) is 0 Å². The summed E-state index contributed by atoms with van der Waals surface area (Å²) in [5.74, 6) is 0. The van der Waals surface area contributed by atoms with E-state index in [0.29, 0.717) is 22.6 Å². The van der Waals surface area contributed by atoms with E-state index in [0.717, 1.165) is 24.0 Å². The highest BCUT2D eigenvalue weighted by Gasteiger charge is 2.05. The molecule has 0 amide bonds. The molecule has 3 rings (SSSR count). The Morgan fingerprint density at radius 2 is 1.86 bits per heavy atom. The van der Waals surface area contributed by atoms with Crippen LogP contribution in [0.2, 0.25) is 5.02 Å². The van der Waals surface area contributed by atoms with Gasteiger partial charge >= 0.3 is 5.63 Å². The van der Waals surface area contributed by atoms with Crippen molar-refractivity contribution in [1.29, 1.82) is 0 Å². The van der Waals surface area contributed by atoms with Crippen molar-refractivity contribution in [3.8, 4) is 0 Å². The standard InChI is InChI=1S/C18H16ClNO2/c19-15-8-9-17-14(12-15)11-13(18(21)22-17)5-4-10-20-16-6-2-1-3-7-16/h1-3,6-9,11-12,20H,4-5,10H2. The summed E-state index contributed by atoms with van der Waals surface area (Å²) in [5.41, 5.74) is 2.07. The predicted molar refractivity (Wildman–Crippen MR) is 90.7 cm³/mol. The Balaban J connectivity index is 1.66. The number of hydrogen-bond acceptors (Lipinski definition) is 3. The summed E-state index contributed by atoms with van der Waals surface area (Å²) < 4.78 is 5.33. The minimum absolute atomic E-state index is 0.269. The fourth-order valence-electron chi connectivity index (χ4n) is 2.38. The highest BCUT2D eigenvalue weighted by Crippen LogP contribution is 2.19. The van der Waals surface area contributed by atoms with Crippen LogP contribution < -0.4 is 10.9 Å². The van der Waals surface area contributed by atoms with Crippen molar-refractivity contribution in [2.75, 3.05) is 11.9 Å². The number of hydrogen-bond donors (Lipinski definition) is 1. The van der Waals surface area contributed by atoms with E-state index in [-0.39, 0.29) is 5.63 Å². The van der Waals surface area contributed by atoms with Crippen LogP contribution in [-0.2, 0) is 6.42 Å². The summed E-state index contributed by atoms with van der Waals surface area (Å²) in [6, 6.07) is 17.1. The van der Waals surface area contributed by atoms with Crippen molar-refractivity contribution in [2.24, 2.45) is 0 Å². The van der Waals surface area contributed by atoms with E-state index in [2.05, 4.69) is 5.32 Å². The van der Waals surface area contributed by atoms with Gasteiger partial charge < -0.3 is 9.73 Å². The Hall–Kier alpha value is -2.26. The Bertz CT molecular complexity index is 827. The molecule has 0 aliphatic rings. The van der Waals surface area contributed by atoms with Gasteiger partial charge in [0.05, 0.1) is 0 Å². The lowest BCUT2D eigenvalue weighted by molar-refractivity contribution is 0.548. The first-order chi connectivity index (χ1) is 10.7. The molecule has 0 aliphatic carbocycles. The second-order valence-corrected chi connectivity index (χ2v) is 5.57. The van der Waals surface area contributed by atoms with Crippen LogP contribution in [0.3, 0.4) is 0 Å². The number of para-hydroxylation sites is 1. The maximum absolute atomic E-state index is 12.0. The first-order valence-electron chi connectivity index (χ1n) is 7.23. The first kappa shape index (κ1) is 14.7. The van der Waals surface area contributed by atoms with Crippen LogP contribution in [-0.4, -0.2) is 6.54 Å². The third-order valence-corrected chi connectivity index (χ3v) is 3.73. The Labute approximate surface area is 133 Å². The topological polar surface area (TPSA) is 42.2 Å². The lowest BCUT2D eigenvalue weighted by atomic mass is 10.1. The SMILES string of the molecule is O=c1oc2ccc(Cl)cc2cc1CCCNc1ccccc1. The molecule has 0 aliphatic heterocycles. The van der Waals surface area contributed by atoms with Crippen LogP contribution in [0, 0.1) is 0 Å². The second-order valence-electron chi connectivity index (χ2n) is 5.14. The molecular weight excluding hydrogens is 298 g/mol. The Kier molecular flexibility index (Phi) is 4.45. The van der Waals surface area contributed by atoms with E-state index in [4.69, 9.17) is 16.0 Å². The van der Waals surface area contributed by atoms with E-state index < -0.39 is 0 Å². The molecular formula is C18H16ClNO2. The molecule has 1 aromatic heterocycles. The Morgan fingerprint density at radius 1 is 1.05 bits per heavy atom. The third-order valence-electron chi connectivity index (χ3n) is 3.49. The molecule has 2 aromatic carbocycles. The molecule has 1 N–H and O–H groups in total. The molecule has 3 nitrogen and oxygen atoms in total. The van der Waals surface area contributed by atoms with Crippen LogP contribution >= 0.6 is 11.6 Å². The Morgan fingerprint density at radius 3 is 2.68 bits per heavy atom. The normalized spacial score (nSPS) is 10.8. The van der Waals surface area contributed by atoms with E-state index in [1.165, 1.54) is 0 Å². The zero-order valence-corrected chi connectivity index (χ0v) is 12.8. The summed E-state index contributed by atoms with van der Waals surface area (Å²) in [6.45, 7) is 0.803. The molecule has 22 heavy (non-hydrogen) atoms. The number of aryl methyl sites for hydroxylation is 1. The lowest BCUT2D eigenvalue weighted by Crippen LogP contribution is -2.10. The van der Waals surface area contributed by atoms with Crippen molar-refractivity contribution in [2.45, 2.75) is 12.8 Å². The second kappa shape index (κ2) is 6.67. The smallest absolute Gasteiger partial charge is 0.339 e. The van der Waals surface area contributed by atoms with Gasteiger partial charge in [-0.1, -0.05) is 29.8 Å². The molecule has 4 heteroatoms. The molecule has 0 bridgehead atoms. The van der Waals surface area contributed by atoms with Crippen molar-refractivity contribution in [3.63, 3.8) is 0 Å². The summed E-state index contributed by atoms with van der Waals surface area (Å²) in [7, 11) is 0. The number of halogens is 1. The fraction of sp³-hybridized carbons (Fsp3) is 0.167. The van der Waals surface area contributed by atoms with E-state index >= 15 is 0 Å². The number of nitrogens with one attached hydrogen (secondary N) is 1. The largest absolute Gasteiger partial charge is 0.423 e. The molecule has 112 valence electrons. The maximum Gasteiger partial charge on any atom is 0.339 e. The third kappa shape index (κ3) is 3.49. The van der Waals surface area contributed by atoms with Crippen LogP contribution in [0.4, 0.5) is 5.69 Å². The van der Waals surface area contributed by atoms with Gasteiger partial charge in [0, 0.05) is 28.2 Å². The highest BCUT2D eigenvalue weighted by molar-refractivity contribution is 6.31. The number of benzene rings is 2. The minimum atomic E-state index is -0.269. The zero-order valence-electron chi connectivity index (χ0n) is 12.0. The van der Waals surface area contributed by atoms with Gasteiger partial charge in [-0.3, -0.25) is 0 Å². The molecule has 0 spiro atoms. The van der Waals surface area contributed by atoms with Crippen LogP contribution in [0.25, 0.3) is 11.0 Å². The van der Waals surface area contributed by atoms with Gasteiger partial charge in [-0.25, -0.2) is 4.79 Å². The van der Waals surface area contributed by atoms with Crippen molar-refractivity contribution in [1.82, 2.24) is 0 Å². The van der Waals surface area contributed by atoms with E-state index in [1.807, 2.05) is 42.5 Å². The summed E-state index contributed by atoms with van der Waals surface area (Å²) in [5, 5.41) is 4.82. The van der Waals surface area contributed by atoms with Gasteiger partial charge in [0.2, 0.25) is 0 Å². The molecule has 0 fully saturated rings. The average molecular weight is 314 g/mol. The average Bonchev–Trinajstić information content (AvgIpc) is 2.53. The van der Waals surface area contributed by atoms with Crippen LogP contribution in [0.1, 0.15) is 12.0 Å². The van der Waals surface area contributed by atoms with E-state index in [1.54, 1.807) is 12.1 Å². The van der Waals surface area contributed by atoms with Gasteiger partial charge in [-0.05, 0) is 49.2 Å². The van der Waals surface area contributed by atoms with Crippen molar-refractivity contribution in [3.05, 3.63) is 75.6 Å². The minimum Gasteiger partial charge on any atom is -0.423 e. The maximum atomic E-state index is 12.0. The van der Waals surface area contributed by atoms with Gasteiger partial charge in [0.1, 0.15) is 5.58 Å². The number of rotatable bonds is 5. The van der Waals surface area contributed by atoms with E-state index in [9.17, 15) is 4.79 Å². The van der Waals surface area contributed by atoms with Crippen LogP contribution in [0.15, 0.2) is 63.8 Å².